The van der Waals surface area contributed by atoms with Crippen LogP contribution in [0.4, 0.5) is 18.9 Å². The predicted octanol–water partition coefficient (Wildman–Crippen LogP) is 1.98. The molecular formula is C9H5F3N2O3. The molecule has 8 heteroatoms. The molecule has 0 fully saturated rings. The minimum Gasteiger partial charge on any atom is -0.391 e. The number of nitro groups is 1. The number of aliphatic hydroxyl groups excluding tert-OH is 1. The average molecular weight is 246 g/mol. The van der Waals surface area contributed by atoms with Crippen LogP contribution in [0.15, 0.2) is 12.1 Å². The Hall–Kier alpha value is -2.14. The molecule has 0 aromatic heterocycles. The number of benzene rings is 1. The zero-order valence-electron chi connectivity index (χ0n) is 8.15. The summed E-state index contributed by atoms with van der Waals surface area (Å²) in [6.45, 7) is -1.17. The SMILES string of the molecule is N#Cc1ccc([N+](=O)[O-])c(CO)c1C(F)(F)F. The molecule has 90 valence electrons. The summed E-state index contributed by atoms with van der Waals surface area (Å²) in [4.78, 5) is 9.46. The summed E-state index contributed by atoms with van der Waals surface area (Å²) in [6, 6.07) is 2.76. The molecule has 0 heterocycles. The molecule has 0 unspecified atom stereocenters. The molecule has 0 radical (unpaired) electrons. The maximum Gasteiger partial charge on any atom is 0.418 e. The van der Waals surface area contributed by atoms with Crippen molar-refractivity contribution in [2.45, 2.75) is 12.8 Å². The van der Waals surface area contributed by atoms with E-state index >= 15 is 0 Å². The lowest BCUT2D eigenvalue weighted by Gasteiger charge is -2.12. The van der Waals surface area contributed by atoms with Crippen LogP contribution in [-0.4, -0.2) is 10.0 Å². The number of halogens is 3. The molecule has 17 heavy (non-hydrogen) atoms. The molecule has 0 spiro atoms. The summed E-state index contributed by atoms with van der Waals surface area (Å²) < 4.78 is 37.9. The van der Waals surface area contributed by atoms with Crippen LogP contribution in [0.1, 0.15) is 16.7 Å². The first-order chi connectivity index (χ1) is 7.82. The zero-order valence-corrected chi connectivity index (χ0v) is 8.15. The fourth-order valence-corrected chi connectivity index (χ4v) is 1.38. The molecule has 1 aromatic carbocycles. The Balaban J connectivity index is 3.68. The van der Waals surface area contributed by atoms with Crippen molar-refractivity contribution in [1.82, 2.24) is 0 Å². The summed E-state index contributed by atoms with van der Waals surface area (Å²) in [5, 5.41) is 27.9. The van der Waals surface area contributed by atoms with Crippen LogP contribution < -0.4 is 0 Å². The Bertz CT molecular complexity index is 505. The van der Waals surface area contributed by atoms with Gasteiger partial charge >= 0.3 is 6.18 Å². The first kappa shape index (κ1) is 12.9. The summed E-state index contributed by atoms with van der Waals surface area (Å²) in [7, 11) is 0. The van der Waals surface area contributed by atoms with E-state index in [1.54, 1.807) is 0 Å². The first-order valence-electron chi connectivity index (χ1n) is 4.21. The van der Waals surface area contributed by atoms with Crippen LogP contribution in [-0.2, 0) is 12.8 Å². The number of aliphatic hydroxyl groups is 1. The number of nitriles is 1. The van der Waals surface area contributed by atoms with Gasteiger partial charge in [0.2, 0.25) is 0 Å². The second kappa shape index (κ2) is 4.39. The fourth-order valence-electron chi connectivity index (χ4n) is 1.38. The molecule has 0 amide bonds. The Morgan fingerprint density at radius 1 is 1.47 bits per heavy atom. The topological polar surface area (TPSA) is 87.2 Å². The number of nitro benzene ring substituents is 1. The van der Waals surface area contributed by atoms with E-state index in [1.807, 2.05) is 0 Å². The highest BCUT2D eigenvalue weighted by atomic mass is 19.4. The molecule has 5 nitrogen and oxygen atoms in total. The largest absolute Gasteiger partial charge is 0.418 e. The van der Waals surface area contributed by atoms with Crippen molar-refractivity contribution in [2.24, 2.45) is 0 Å². The van der Waals surface area contributed by atoms with Crippen LogP contribution in [0, 0.1) is 21.4 Å². The Labute approximate surface area is 92.9 Å². The molecule has 0 aliphatic heterocycles. The number of alkyl halides is 3. The highest BCUT2D eigenvalue weighted by molar-refractivity contribution is 5.54. The van der Waals surface area contributed by atoms with E-state index in [4.69, 9.17) is 10.4 Å². The van der Waals surface area contributed by atoms with Crippen molar-refractivity contribution in [3.8, 4) is 6.07 Å². The van der Waals surface area contributed by atoms with E-state index in [-0.39, 0.29) is 0 Å². The molecule has 0 aliphatic rings. The molecule has 0 bridgehead atoms. The lowest BCUT2D eigenvalue weighted by molar-refractivity contribution is -0.386. The first-order valence-corrected chi connectivity index (χ1v) is 4.21. The third-order valence-corrected chi connectivity index (χ3v) is 2.05. The molecule has 1 aromatic rings. The number of nitrogens with zero attached hydrogens (tertiary/aromatic N) is 2. The van der Waals surface area contributed by atoms with Gasteiger partial charge in [-0.15, -0.1) is 0 Å². The molecule has 0 atom stereocenters. The fraction of sp³-hybridized carbons (Fsp3) is 0.222. The molecule has 0 saturated carbocycles. The highest BCUT2D eigenvalue weighted by Crippen LogP contribution is 2.38. The quantitative estimate of drug-likeness (QED) is 0.638. The highest BCUT2D eigenvalue weighted by Gasteiger charge is 2.39. The van der Waals surface area contributed by atoms with E-state index in [0.717, 1.165) is 6.07 Å². The zero-order chi connectivity index (χ0) is 13.2. The van der Waals surface area contributed by atoms with Gasteiger partial charge in [-0.1, -0.05) is 0 Å². The normalized spacial score (nSPS) is 11.0. The Morgan fingerprint density at radius 2 is 2.06 bits per heavy atom. The summed E-state index contributed by atoms with van der Waals surface area (Å²) in [5.74, 6) is 0. The minimum absolute atomic E-state index is 0.708. The maximum absolute atomic E-state index is 12.6. The van der Waals surface area contributed by atoms with E-state index in [2.05, 4.69) is 0 Å². The third kappa shape index (κ3) is 2.34. The molecule has 0 aliphatic carbocycles. The van der Waals surface area contributed by atoms with Crippen LogP contribution >= 0.6 is 0 Å². The van der Waals surface area contributed by atoms with Gasteiger partial charge in [-0.25, -0.2) is 0 Å². The average Bonchev–Trinajstić information content (AvgIpc) is 2.25. The monoisotopic (exact) mass is 246 g/mol. The minimum atomic E-state index is -4.94. The van der Waals surface area contributed by atoms with Crippen molar-refractivity contribution in [1.29, 1.82) is 5.26 Å². The molecule has 0 saturated heterocycles. The van der Waals surface area contributed by atoms with Crippen LogP contribution in [0.5, 0.6) is 0 Å². The summed E-state index contributed by atoms with van der Waals surface area (Å²) >= 11 is 0. The second-order valence-corrected chi connectivity index (χ2v) is 3.01. The van der Waals surface area contributed by atoms with Gasteiger partial charge in [0.15, 0.2) is 0 Å². The second-order valence-electron chi connectivity index (χ2n) is 3.01. The van der Waals surface area contributed by atoms with Crippen molar-refractivity contribution < 1.29 is 23.2 Å². The molecule has 1 N–H and O–H groups in total. The summed E-state index contributed by atoms with van der Waals surface area (Å²) in [6.07, 6.45) is -4.94. The number of hydrogen-bond acceptors (Lipinski definition) is 4. The van der Waals surface area contributed by atoms with Gasteiger partial charge in [0.1, 0.15) is 0 Å². The third-order valence-electron chi connectivity index (χ3n) is 2.05. The molecule has 1 rings (SSSR count). The Morgan fingerprint density at radius 3 is 2.41 bits per heavy atom. The smallest absolute Gasteiger partial charge is 0.391 e. The van der Waals surface area contributed by atoms with Gasteiger partial charge in [0.05, 0.1) is 34.3 Å². The van der Waals surface area contributed by atoms with E-state index < -0.39 is 40.1 Å². The number of hydrogen-bond donors (Lipinski definition) is 1. The van der Waals surface area contributed by atoms with Gasteiger partial charge in [-0.3, -0.25) is 10.1 Å². The van der Waals surface area contributed by atoms with E-state index in [0.29, 0.717) is 6.07 Å². The van der Waals surface area contributed by atoms with Crippen LogP contribution in [0.2, 0.25) is 0 Å². The van der Waals surface area contributed by atoms with Crippen molar-refractivity contribution in [3.05, 3.63) is 38.9 Å². The lowest BCUT2D eigenvalue weighted by Crippen LogP contribution is -2.13. The lowest BCUT2D eigenvalue weighted by atomic mass is 10.00. The summed E-state index contributed by atoms with van der Waals surface area (Å²) in [5.41, 5.74) is -3.98. The predicted molar refractivity (Wildman–Crippen MR) is 48.7 cm³/mol. The van der Waals surface area contributed by atoms with Gasteiger partial charge in [-0.2, -0.15) is 18.4 Å². The van der Waals surface area contributed by atoms with Crippen LogP contribution in [0.3, 0.4) is 0 Å². The Kier molecular flexibility index (Phi) is 3.34. The van der Waals surface area contributed by atoms with Gasteiger partial charge in [-0.05, 0) is 6.07 Å². The van der Waals surface area contributed by atoms with E-state index in [1.165, 1.54) is 6.07 Å². The van der Waals surface area contributed by atoms with Gasteiger partial charge in [0, 0.05) is 6.07 Å². The van der Waals surface area contributed by atoms with Gasteiger partial charge in [0.25, 0.3) is 5.69 Å². The van der Waals surface area contributed by atoms with Gasteiger partial charge < -0.3 is 5.11 Å². The number of rotatable bonds is 2. The van der Waals surface area contributed by atoms with E-state index in [9.17, 15) is 23.3 Å². The molecular weight excluding hydrogens is 241 g/mol. The van der Waals surface area contributed by atoms with Crippen LogP contribution in [0.25, 0.3) is 0 Å². The maximum atomic E-state index is 12.6. The van der Waals surface area contributed by atoms with Crippen molar-refractivity contribution >= 4 is 5.69 Å². The van der Waals surface area contributed by atoms with Crippen molar-refractivity contribution in [2.75, 3.05) is 0 Å². The standard InChI is InChI=1S/C9H5F3N2O3/c10-9(11,12)8-5(3-13)1-2-7(14(16)17)6(8)4-15/h1-2,15H,4H2. The van der Waals surface area contributed by atoms with Crippen molar-refractivity contribution in [3.63, 3.8) is 0 Å².